The molecule has 0 aromatic carbocycles. The average Bonchev–Trinajstić information content (AvgIpc) is 2.36. The Kier molecular flexibility index (Phi) is 4.26. The molecule has 0 heterocycles. The first-order chi connectivity index (χ1) is 5.75. The molecule has 1 aliphatic carbocycles. The Balaban J connectivity index is 2.37. The van der Waals surface area contributed by atoms with E-state index < -0.39 is 0 Å². The minimum absolute atomic E-state index is 0.363. The highest BCUT2D eigenvalue weighted by molar-refractivity contribution is 14.1. The van der Waals surface area contributed by atoms with Crippen molar-refractivity contribution in [2.45, 2.75) is 45.4 Å². The summed E-state index contributed by atoms with van der Waals surface area (Å²) < 4.78 is 1.03. The van der Waals surface area contributed by atoms with Crippen LogP contribution in [0, 0.1) is 0 Å². The van der Waals surface area contributed by atoms with Crippen molar-refractivity contribution in [3.8, 4) is 0 Å². The summed E-state index contributed by atoms with van der Waals surface area (Å²) in [6.45, 7) is 2.21. The molecule has 0 bridgehead atoms. The standard InChI is InChI=1S/C10H15IO/c1-2-3-4-5-8-6-7-9(12)10(8)11/h2-7H2,1H3. The van der Waals surface area contributed by atoms with Gasteiger partial charge in [-0.1, -0.05) is 25.3 Å². The molecule has 1 rings (SSSR count). The van der Waals surface area contributed by atoms with Gasteiger partial charge in [-0.2, -0.15) is 0 Å². The highest BCUT2D eigenvalue weighted by Gasteiger charge is 2.19. The first kappa shape index (κ1) is 10.2. The van der Waals surface area contributed by atoms with Crippen molar-refractivity contribution in [2.75, 3.05) is 0 Å². The molecule has 1 nitrogen and oxygen atoms in total. The third-order valence-electron chi connectivity index (χ3n) is 2.29. The Morgan fingerprint density at radius 1 is 1.33 bits per heavy atom. The molecule has 0 saturated carbocycles. The highest BCUT2D eigenvalue weighted by Crippen LogP contribution is 2.31. The summed E-state index contributed by atoms with van der Waals surface area (Å²) in [5.41, 5.74) is 1.41. The quantitative estimate of drug-likeness (QED) is 0.567. The minimum Gasteiger partial charge on any atom is -0.294 e. The monoisotopic (exact) mass is 278 g/mol. The second kappa shape index (κ2) is 5.00. The summed E-state index contributed by atoms with van der Waals surface area (Å²) >= 11 is 2.20. The maximum atomic E-state index is 11.2. The summed E-state index contributed by atoms with van der Waals surface area (Å²) in [4.78, 5) is 11.2. The lowest BCUT2D eigenvalue weighted by Crippen LogP contribution is -1.87. The molecule has 0 unspecified atom stereocenters. The fourth-order valence-corrected chi connectivity index (χ4v) is 2.31. The normalized spacial score (nSPS) is 17.7. The van der Waals surface area contributed by atoms with Crippen LogP contribution >= 0.6 is 22.6 Å². The fraction of sp³-hybridized carbons (Fsp3) is 0.700. The van der Waals surface area contributed by atoms with Gasteiger partial charge in [0.2, 0.25) is 0 Å². The number of ketones is 1. The Morgan fingerprint density at radius 3 is 2.58 bits per heavy atom. The molecule has 12 heavy (non-hydrogen) atoms. The van der Waals surface area contributed by atoms with Crippen molar-refractivity contribution in [3.63, 3.8) is 0 Å². The highest BCUT2D eigenvalue weighted by atomic mass is 127. The number of Topliss-reactive ketones (excluding diaryl/α,β-unsaturated/α-hetero) is 1. The van der Waals surface area contributed by atoms with Crippen LogP contribution in [0.4, 0.5) is 0 Å². The first-order valence-electron chi connectivity index (χ1n) is 4.66. The van der Waals surface area contributed by atoms with Gasteiger partial charge in [-0.05, 0) is 41.9 Å². The molecule has 0 saturated heterocycles. The predicted molar refractivity (Wildman–Crippen MR) is 59.4 cm³/mol. The molecule has 0 aliphatic heterocycles. The van der Waals surface area contributed by atoms with Crippen molar-refractivity contribution in [3.05, 3.63) is 9.15 Å². The Labute approximate surface area is 87.8 Å². The molecule has 68 valence electrons. The van der Waals surface area contributed by atoms with E-state index in [4.69, 9.17) is 0 Å². The van der Waals surface area contributed by atoms with Gasteiger partial charge in [0.25, 0.3) is 0 Å². The van der Waals surface area contributed by atoms with Crippen molar-refractivity contribution >= 4 is 28.4 Å². The molecular weight excluding hydrogens is 263 g/mol. The third-order valence-corrected chi connectivity index (χ3v) is 3.66. The van der Waals surface area contributed by atoms with Crippen LogP contribution in [-0.4, -0.2) is 5.78 Å². The lowest BCUT2D eigenvalue weighted by molar-refractivity contribution is -0.114. The summed E-state index contributed by atoms with van der Waals surface area (Å²) in [7, 11) is 0. The topological polar surface area (TPSA) is 17.1 Å². The van der Waals surface area contributed by atoms with Crippen LogP contribution in [-0.2, 0) is 4.79 Å². The maximum absolute atomic E-state index is 11.2. The van der Waals surface area contributed by atoms with E-state index in [2.05, 4.69) is 29.5 Å². The third kappa shape index (κ3) is 2.57. The second-order valence-corrected chi connectivity index (χ2v) is 4.38. The van der Waals surface area contributed by atoms with E-state index in [1.165, 1.54) is 24.8 Å². The van der Waals surface area contributed by atoms with Crippen molar-refractivity contribution < 1.29 is 4.79 Å². The van der Waals surface area contributed by atoms with E-state index in [0.29, 0.717) is 5.78 Å². The first-order valence-corrected chi connectivity index (χ1v) is 5.74. The lowest BCUT2D eigenvalue weighted by atomic mass is 10.1. The molecule has 0 aromatic rings. The van der Waals surface area contributed by atoms with Gasteiger partial charge in [0.05, 0.1) is 3.58 Å². The predicted octanol–water partition coefficient (Wildman–Crippen LogP) is 3.62. The van der Waals surface area contributed by atoms with Gasteiger partial charge >= 0.3 is 0 Å². The van der Waals surface area contributed by atoms with Crippen LogP contribution in [0.1, 0.15) is 45.4 Å². The van der Waals surface area contributed by atoms with Crippen molar-refractivity contribution in [2.24, 2.45) is 0 Å². The molecule has 1 aliphatic rings. The van der Waals surface area contributed by atoms with Gasteiger partial charge in [-0.25, -0.2) is 0 Å². The number of halogens is 1. The average molecular weight is 278 g/mol. The molecule has 0 radical (unpaired) electrons. The Bertz CT molecular complexity index is 206. The Hall–Kier alpha value is 0.140. The summed E-state index contributed by atoms with van der Waals surface area (Å²) in [6, 6.07) is 0. The van der Waals surface area contributed by atoms with E-state index in [1.54, 1.807) is 0 Å². The van der Waals surface area contributed by atoms with Gasteiger partial charge < -0.3 is 0 Å². The van der Waals surface area contributed by atoms with Crippen LogP contribution < -0.4 is 0 Å². The van der Waals surface area contributed by atoms with E-state index in [9.17, 15) is 4.79 Å². The zero-order valence-corrected chi connectivity index (χ0v) is 9.69. The molecule has 0 atom stereocenters. The molecule has 0 N–H and O–H groups in total. The van der Waals surface area contributed by atoms with Crippen LogP contribution in [0.2, 0.25) is 0 Å². The van der Waals surface area contributed by atoms with Crippen LogP contribution in [0.5, 0.6) is 0 Å². The second-order valence-electron chi connectivity index (χ2n) is 3.30. The Morgan fingerprint density at radius 2 is 2.08 bits per heavy atom. The van der Waals surface area contributed by atoms with Crippen molar-refractivity contribution in [1.29, 1.82) is 0 Å². The molecule has 0 aromatic heterocycles. The van der Waals surface area contributed by atoms with Gasteiger partial charge in [-0.3, -0.25) is 4.79 Å². The van der Waals surface area contributed by atoms with Gasteiger partial charge in [0.1, 0.15) is 0 Å². The largest absolute Gasteiger partial charge is 0.294 e. The molecular formula is C10H15IO. The number of carbonyl (C=O) groups is 1. The van der Waals surface area contributed by atoms with E-state index in [-0.39, 0.29) is 0 Å². The fourth-order valence-electron chi connectivity index (χ4n) is 1.50. The van der Waals surface area contributed by atoms with Crippen LogP contribution in [0.25, 0.3) is 0 Å². The number of allylic oxidation sites excluding steroid dienone is 2. The molecule has 0 fully saturated rings. The number of unbranched alkanes of at least 4 members (excludes halogenated alkanes) is 2. The van der Waals surface area contributed by atoms with Crippen LogP contribution in [0.15, 0.2) is 9.15 Å². The smallest absolute Gasteiger partial charge is 0.169 e. The van der Waals surface area contributed by atoms with Gasteiger partial charge in [0, 0.05) is 6.42 Å². The van der Waals surface area contributed by atoms with Crippen LogP contribution in [0.3, 0.4) is 0 Å². The number of rotatable bonds is 4. The minimum atomic E-state index is 0.363. The van der Waals surface area contributed by atoms with Gasteiger partial charge in [-0.15, -0.1) is 0 Å². The summed E-state index contributed by atoms with van der Waals surface area (Å²) in [5.74, 6) is 0.363. The summed E-state index contributed by atoms with van der Waals surface area (Å²) in [5, 5.41) is 0. The molecule has 2 heteroatoms. The maximum Gasteiger partial charge on any atom is 0.169 e. The molecule has 0 amide bonds. The van der Waals surface area contributed by atoms with E-state index >= 15 is 0 Å². The van der Waals surface area contributed by atoms with Gasteiger partial charge in [0.15, 0.2) is 5.78 Å². The SMILES string of the molecule is CCCCCC1=C(I)C(=O)CC1. The van der Waals surface area contributed by atoms with E-state index in [0.717, 1.165) is 22.8 Å². The number of hydrogen-bond donors (Lipinski definition) is 0. The summed E-state index contributed by atoms with van der Waals surface area (Å²) in [6.07, 6.45) is 6.75. The van der Waals surface area contributed by atoms with Crippen molar-refractivity contribution in [1.82, 2.24) is 0 Å². The lowest BCUT2D eigenvalue weighted by Gasteiger charge is -2.00. The van der Waals surface area contributed by atoms with E-state index in [1.807, 2.05) is 0 Å². The molecule has 0 spiro atoms. The zero-order chi connectivity index (χ0) is 8.97. The zero-order valence-electron chi connectivity index (χ0n) is 7.53. The number of carbonyl (C=O) groups excluding carboxylic acids is 1. The number of hydrogen-bond acceptors (Lipinski definition) is 1.